The number of hydrogen-bond donors (Lipinski definition) is 3. The summed E-state index contributed by atoms with van der Waals surface area (Å²) in [5.41, 5.74) is 5.10. The second kappa shape index (κ2) is 9.51. The molecule has 0 aromatic heterocycles. The SMILES string of the molecule is N#Cc1ccc(S(=O)N2CCC(O)(CN)C2)cc1.Sc1ccc(Cl)cc1. The lowest BCUT2D eigenvalue weighted by Gasteiger charge is -2.20. The highest BCUT2D eigenvalue weighted by atomic mass is 35.5. The van der Waals surface area contributed by atoms with Crippen molar-refractivity contribution in [3.05, 3.63) is 59.1 Å². The van der Waals surface area contributed by atoms with Crippen LogP contribution in [-0.4, -0.2) is 38.9 Å². The fraction of sp³-hybridized carbons (Fsp3) is 0.278. The van der Waals surface area contributed by atoms with Gasteiger partial charge in [0, 0.05) is 29.6 Å². The van der Waals surface area contributed by atoms with E-state index in [9.17, 15) is 9.32 Å². The molecule has 1 fully saturated rings. The number of β-amino-alcohol motifs (C(OH)–C–C–N with tert-alkyl or cyclic N) is 1. The van der Waals surface area contributed by atoms with Gasteiger partial charge >= 0.3 is 0 Å². The van der Waals surface area contributed by atoms with Gasteiger partial charge in [-0.2, -0.15) is 5.26 Å². The summed E-state index contributed by atoms with van der Waals surface area (Å²) >= 11 is 9.65. The fourth-order valence-electron chi connectivity index (χ4n) is 2.36. The van der Waals surface area contributed by atoms with Crippen molar-refractivity contribution >= 4 is 35.2 Å². The molecule has 2 aromatic carbocycles. The monoisotopic (exact) mass is 409 g/mol. The van der Waals surface area contributed by atoms with E-state index in [1.54, 1.807) is 28.6 Å². The maximum Gasteiger partial charge on any atom is 0.127 e. The molecule has 0 bridgehead atoms. The zero-order chi connectivity index (χ0) is 19.2. The number of nitriles is 1. The predicted molar refractivity (Wildman–Crippen MR) is 106 cm³/mol. The van der Waals surface area contributed by atoms with Crippen LogP contribution in [0.5, 0.6) is 0 Å². The van der Waals surface area contributed by atoms with Crippen molar-refractivity contribution in [2.24, 2.45) is 5.73 Å². The van der Waals surface area contributed by atoms with E-state index in [4.69, 9.17) is 22.6 Å². The summed E-state index contributed by atoms with van der Waals surface area (Å²) in [6, 6.07) is 16.0. The van der Waals surface area contributed by atoms with E-state index in [1.807, 2.05) is 30.3 Å². The van der Waals surface area contributed by atoms with Crippen molar-refractivity contribution in [3.8, 4) is 6.07 Å². The zero-order valence-electron chi connectivity index (χ0n) is 14.0. The predicted octanol–water partition coefficient (Wildman–Crippen LogP) is 2.61. The van der Waals surface area contributed by atoms with Gasteiger partial charge in [0.05, 0.1) is 22.1 Å². The van der Waals surface area contributed by atoms with Crippen LogP contribution in [0.4, 0.5) is 0 Å². The van der Waals surface area contributed by atoms with Gasteiger partial charge in [-0.15, -0.1) is 12.6 Å². The van der Waals surface area contributed by atoms with Crippen LogP contribution in [-0.2, 0) is 11.0 Å². The third-order valence-electron chi connectivity index (χ3n) is 3.92. The van der Waals surface area contributed by atoms with Crippen LogP contribution in [0.3, 0.4) is 0 Å². The second-order valence-corrected chi connectivity index (χ2v) is 8.34. The third-order valence-corrected chi connectivity index (χ3v) is 5.93. The normalized spacial score (nSPS) is 20.7. The Morgan fingerprint density at radius 2 is 1.88 bits per heavy atom. The molecule has 1 aliphatic rings. The van der Waals surface area contributed by atoms with E-state index in [2.05, 4.69) is 12.6 Å². The van der Waals surface area contributed by atoms with Crippen LogP contribution in [0, 0.1) is 11.3 Å². The summed E-state index contributed by atoms with van der Waals surface area (Å²) in [6.45, 7) is 1.05. The van der Waals surface area contributed by atoms with Gasteiger partial charge in [0.2, 0.25) is 0 Å². The summed E-state index contributed by atoms with van der Waals surface area (Å²) in [7, 11) is -1.31. The van der Waals surface area contributed by atoms with Gasteiger partial charge in [0.25, 0.3) is 0 Å². The molecular weight excluding hydrogens is 390 g/mol. The maximum atomic E-state index is 12.3. The topological polar surface area (TPSA) is 90.3 Å². The number of hydrogen-bond acceptors (Lipinski definition) is 5. The van der Waals surface area contributed by atoms with Gasteiger partial charge in [0.1, 0.15) is 11.0 Å². The Kier molecular flexibility index (Phi) is 7.65. The quantitative estimate of drug-likeness (QED) is 0.679. The number of nitrogens with zero attached hydrogens (tertiary/aromatic N) is 2. The van der Waals surface area contributed by atoms with Crippen LogP contribution in [0.1, 0.15) is 12.0 Å². The average Bonchev–Trinajstić information content (AvgIpc) is 3.07. The molecule has 1 heterocycles. The van der Waals surface area contributed by atoms with Crippen LogP contribution in [0.15, 0.2) is 58.3 Å². The number of benzene rings is 2. The van der Waals surface area contributed by atoms with Gasteiger partial charge in [-0.3, -0.25) is 0 Å². The molecule has 0 amide bonds. The molecular formula is C18H20ClN3O2S2. The van der Waals surface area contributed by atoms with Crippen molar-refractivity contribution in [1.82, 2.24) is 4.31 Å². The third kappa shape index (κ3) is 5.81. The Bertz CT molecular complexity index is 773. The average molecular weight is 410 g/mol. The first-order valence-corrected chi connectivity index (χ1v) is 9.84. The van der Waals surface area contributed by atoms with E-state index in [0.29, 0.717) is 30.0 Å². The fourth-order valence-corrected chi connectivity index (χ4v) is 3.92. The summed E-state index contributed by atoms with van der Waals surface area (Å²) in [4.78, 5) is 1.57. The molecule has 5 nitrogen and oxygen atoms in total. The molecule has 0 spiro atoms. The standard InChI is InChI=1S/C12H15N3O2S.C6H5ClS/c13-7-10-1-3-11(4-2-10)18(17)15-6-5-12(16,8-14)9-15;7-5-1-3-6(8)4-2-5/h1-4,16H,5-6,8-9,14H2;1-4,8H. The number of halogens is 1. The minimum atomic E-state index is -1.31. The summed E-state index contributed by atoms with van der Waals surface area (Å²) in [5.74, 6) is 0. The number of rotatable bonds is 3. The molecule has 138 valence electrons. The Hall–Kier alpha value is -1.40. The number of aliphatic hydroxyl groups is 1. The Labute approximate surface area is 166 Å². The van der Waals surface area contributed by atoms with Crippen LogP contribution < -0.4 is 5.73 Å². The molecule has 0 radical (unpaired) electrons. The second-order valence-electron chi connectivity index (χ2n) is 5.90. The lowest BCUT2D eigenvalue weighted by Crippen LogP contribution is -2.40. The lowest BCUT2D eigenvalue weighted by atomic mass is 10.1. The van der Waals surface area contributed by atoms with E-state index >= 15 is 0 Å². The zero-order valence-corrected chi connectivity index (χ0v) is 16.5. The van der Waals surface area contributed by atoms with E-state index in [1.165, 1.54) is 0 Å². The summed E-state index contributed by atoms with van der Waals surface area (Å²) in [5, 5.41) is 19.5. The summed E-state index contributed by atoms with van der Waals surface area (Å²) in [6.07, 6.45) is 0.533. The van der Waals surface area contributed by atoms with Crippen LogP contribution in [0.25, 0.3) is 0 Å². The molecule has 2 atom stereocenters. The van der Waals surface area contributed by atoms with Gasteiger partial charge in [-0.25, -0.2) is 8.51 Å². The Balaban J connectivity index is 0.000000254. The van der Waals surface area contributed by atoms with E-state index in [0.717, 1.165) is 9.92 Å². The smallest absolute Gasteiger partial charge is 0.127 e. The van der Waals surface area contributed by atoms with Crippen molar-refractivity contribution in [1.29, 1.82) is 5.26 Å². The van der Waals surface area contributed by atoms with E-state index < -0.39 is 16.6 Å². The van der Waals surface area contributed by atoms with Crippen molar-refractivity contribution < 1.29 is 9.32 Å². The molecule has 1 aliphatic heterocycles. The lowest BCUT2D eigenvalue weighted by molar-refractivity contribution is 0.0655. The highest BCUT2D eigenvalue weighted by molar-refractivity contribution is 7.82. The highest BCUT2D eigenvalue weighted by Crippen LogP contribution is 2.24. The van der Waals surface area contributed by atoms with E-state index in [-0.39, 0.29) is 6.54 Å². The first-order valence-electron chi connectivity index (χ1n) is 7.91. The molecule has 3 rings (SSSR count). The molecule has 26 heavy (non-hydrogen) atoms. The van der Waals surface area contributed by atoms with Crippen LogP contribution >= 0.6 is 24.2 Å². The largest absolute Gasteiger partial charge is 0.387 e. The van der Waals surface area contributed by atoms with Gasteiger partial charge in [-0.05, 0) is 55.0 Å². The summed E-state index contributed by atoms with van der Waals surface area (Å²) < 4.78 is 14.0. The molecule has 1 saturated heterocycles. The van der Waals surface area contributed by atoms with Crippen molar-refractivity contribution in [2.75, 3.05) is 19.6 Å². The van der Waals surface area contributed by atoms with Crippen molar-refractivity contribution in [2.45, 2.75) is 21.8 Å². The van der Waals surface area contributed by atoms with Gasteiger partial charge in [-0.1, -0.05) is 11.6 Å². The molecule has 0 saturated carbocycles. The van der Waals surface area contributed by atoms with Gasteiger partial charge in [0.15, 0.2) is 0 Å². The first kappa shape index (κ1) is 20.9. The molecule has 2 unspecified atom stereocenters. The highest BCUT2D eigenvalue weighted by Gasteiger charge is 2.37. The minimum Gasteiger partial charge on any atom is -0.387 e. The molecule has 3 N–H and O–H groups in total. The van der Waals surface area contributed by atoms with Crippen LogP contribution in [0.2, 0.25) is 5.02 Å². The maximum absolute atomic E-state index is 12.3. The Morgan fingerprint density at radius 3 is 2.35 bits per heavy atom. The molecule has 8 heteroatoms. The molecule has 0 aliphatic carbocycles. The number of nitrogens with two attached hydrogens (primary N) is 1. The van der Waals surface area contributed by atoms with Gasteiger partial charge < -0.3 is 10.8 Å². The first-order chi connectivity index (χ1) is 12.4. The minimum absolute atomic E-state index is 0.175. The van der Waals surface area contributed by atoms with Crippen molar-refractivity contribution in [3.63, 3.8) is 0 Å². The Morgan fingerprint density at radius 1 is 1.27 bits per heavy atom. The number of thiol groups is 1. The molecule has 2 aromatic rings.